The molecule has 5 aromatic rings. The number of hydrogen-bond donors (Lipinski definition) is 0. The minimum absolute atomic E-state index is 0.123. The molecular weight excluding hydrogens is 617 g/mol. The van der Waals surface area contributed by atoms with Gasteiger partial charge in [-0.3, -0.25) is 9.36 Å². The van der Waals surface area contributed by atoms with Gasteiger partial charge in [-0.25, -0.2) is 21.8 Å². The van der Waals surface area contributed by atoms with E-state index in [1.54, 1.807) is 74.0 Å². The summed E-state index contributed by atoms with van der Waals surface area (Å²) in [6, 6.07) is 15.8. The molecule has 9 nitrogen and oxygen atoms in total. The Hall–Kier alpha value is -4.45. The van der Waals surface area contributed by atoms with Crippen molar-refractivity contribution in [1.29, 1.82) is 0 Å². The van der Waals surface area contributed by atoms with E-state index in [2.05, 4.69) is 9.88 Å². The number of halogens is 2. The lowest BCUT2D eigenvalue weighted by atomic mass is 10.1. The molecule has 0 atom stereocenters. The van der Waals surface area contributed by atoms with E-state index in [1.807, 2.05) is 13.0 Å². The summed E-state index contributed by atoms with van der Waals surface area (Å²) in [5, 5.41) is 0.776. The summed E-state index contributed by atoms with van der Waals surface area (Å²) in [5.74, 6) is -0.530. The van der Waals surface area contributed by atoms with Crippen molar-refractivity contribution in [2.24, 2.45) is 0 Å². The highest BCUT2D eigenvalue weighted by atomic mass is 35.5. The van der Waals surface area contributed by atoms with E-state index in [-0.39, 0.29) is 15.6 Å². The van der Waals surface area contributed by atoms with E-state index in [0.717, 1.165) is 11.3 Å². The Balaban J connectivity index is 1.52. The molecule has 1 saturated heterocycles. The topological polar surface area (TPSA) is 89.7 Å². The Labute approximate surface area is 265 Å². The molecule has 1 aliphatic rings. The number of morpholine rings is 1. The average molecular weight is 648 g/mol. The van der Waals surface area contributed by atoms with Crippen molar-refractivity contribution in [2.45, 2.75) is 11.8 Å². The first-order chi connectivity index (χ1) is 21.5. The van der Waals surface area contributed by atoms with Crippen molar-refractivity contribution in [3.05, 3.63) is 118 Å². The third-order valence-electron chi connectivity index (χ3n) is 7.58. The van der Waals surface area contributed by atoms with Crippen LogP contribution in [0.15, 0.2) is 95.1 Å². The molecule has 2 aromatic carbocycles. The maximum atomic E-state index is 14.3. The molecule has 0 spiro atoms. The molecule has 0 unspecified atom stereocenters. The van der Waals surface area contributed by atoms with Gasteiger partial charge in [0.15, 0.2) is 5.65 Å². The molecule has 1 aliphatic heterocycles. The zero-order valence-corrected chi connectivity index (χ0v) is 26.5. The van der Waals surface area contributed by atoms with Gasteiger partial charge in [-0.2, -0.15) is 0 Å². The first-order valence-corrected chi connectivity index (χ1v) is 16.1. The minimum Gasteiger partial charge on any atom is -0.382 e. The molecule has 45 heavy (non-hydrogen) atoms. The summed E-state index contributed by atoms with van der Waals surface area (Å²) in [6.45, 7) is 4.38. The number of benzene rings is 2. The minimum atomic E-state index is -4.02. The first-order valence-electron chi connectivity index (χ1n) is 14.3. The van der Waals surface area contributed by atoms with Gasteiger partial charge >= 0.3 is 0 Å². The van der Waals surface area contributed by atoms with Gasteiger partial charge in [0.25, 0.3) is 15.6 Å². The second-order valence-electron chi connectivity index (χ2n) is 11.1. The van der Waals surface area contributed by atoms with Crippen LogP contribution in [0.4, 0.5) is 10.1 Å². The van der Waals surface area contributed by atoms with Gasteiger partial charge in [0, 0.05) is 73.4 Å². The molecule has 232 valence electrons. The summed E-state index contributed by atoms with van der Waals surface area (Å²) in [7, 11) is -0.433. The summed E-state index contributed by atoms with van der Waals surface area (Å²) in [4.78, 5) is 22.3. The SMILES string of the molecule is Cc1ccc(S(=O)(=O)n2cc(-c3ccn(/C(=C\N(C)C)c4cc(F)cc(Cl)c4)c(=O)c3)c3cc(N4CCOCC4)cnc32)cc1. The molecule has 0 N–H and O–H groups in total. The number of ether oxygens (including phenoxy) is 1. The smallest absolute Gasteiger partial charge is 0.269 e. The van der Waals surface area contributed by atoms with Crippen LogP contribution in [0.25, 0.3) is 27.9 Å². The van der Waals surface area contributed by atoms with Crippen LogP contribution in [0.2, 0.25) is 5.02 Å². The van der Waals surface area contributed by atoms with Crippen LogP contribution in [0.3, 0.4) is 0 Å². The van der Waals surface area contributed by atoms with Crippen LogP contribution in [0.1, 0.15) is 11.1 Å². The maximum Gasteiger partial charge on any atom is 0.269 e. The molecule has 0 radical (unpaired) electrons. The highest BCUT2D eigenvalue weighted by Crippen LogP contribution is 2.34. The van der Waals surface area contributed by atoms with E-state index in [0.29, 0.717) is 54.1 Å². The van der Waals surface area contributed by atoms with Crippen molar-refractivity contribution < 1.29 is 17.5 Å². The van der Waals surface area contributed by atoms with Gasteiger partial charge in [-0.05, 0) is 55.0 Å². The monoisotopic (exact) mass is 647 g/mol. The van der Waals surface area contributed by atoms with Crippen molar-refractivity contribution in [3.8, 4) is 11.1 Å². The number of anilines is 1. The van der Waals surface area contributed by atoms with Crippen molar-refractivity contribution in [2.75, 3.05) is 45.3 Å². The van der Waals surface area contributed by atoms with E-state index >= 15 is 0 Å². The van der Waals surface area contributed by atoms with Gasteiger partial charge < -0.3 is 14.5 Å². The molecule has 3 aromatic heterocycles. The standard InChI is InChI=1S/C33H31ClFN5O4S/c1-22-4-6-28(7-5-22)45(42,43)40-20-30(29-18-27(19-36-33(29)40)38-10-12-44-13-11-38)23-8-9-39(32(41)16-23)31(21-37(2)3)24-14-25(34)17-26(35)15-24/h4-9,14-21H,10-13H2,1-3H3/b31-21-. The van der Waals surface area contributed by atoms with Gasteiger partial charge in [0.2, 0.25) is 0 Å². The van der Waals surface area contributed by atoms with E-state index in [9.17, 15) is 17.6 Å². The maximum absolute atomic E-state index is 14.3. The van der Waals surface area contributed by atoms with Crippen LogP contribution in [0.5, 0.6) is 0 Å². The quantitative estimate of drug-likeness (QED) is 0.232. The fourth-order valence-electron chi connectivity index (χ4n) is 5.37. The molecule has 0 saturated carbocycles. The molecule has 12 heteroatoms. The van der Waals surface area contributed by atoms with Crippen molar-refractivity contribution >= 4 is 44.0 Å². The first kappa shape index (κ1) is 30.6. The van der Waals surface area contributed by atoms with Crippen LogP contribution in [0, 0.1) is 12.7 Å². The molecule has 0 aliphatic carbocycles. The second kappa shape index (κ2) is 12.2. The number of aryl methyl sites for hydroxylation is 1. The van der Waals surface area contributed by atoms with Gasteiger partial charge in [-0.1, -0.05) is 29.3 Å². The molecule has 1 fully saturated rings. The Kier molecular flexibility index (Phi) is 8.25. The van der Waals surface area contributed by atoms with Crippen LogP contribution < -0.4 is 10.5 Å². The highest BCUT2D eigenvalue weighted by molar-refractivity contribution is 7.90. The molecule has 0 bridgehead atoms. The Morgan fingerprint density at radius 1 is 1.04 bits per heavy atom. The lowest BCUT2D eigenvalue weighted by Crippen LogP contribution is -2.36. The van der Waals surface area contributed by atoms with E-state index in [4.69, 9.17) is 16.3 Å². The van der Waals surface area contributed by atoms with Crippen molar-refractivity contribution in [1.82, 2.24) is 18.4 Å². The summed E-state index contributed by atoms with van der Waals surface area (Å²) < 4.78 is 50.2. The molecule has 6 rings (SSSR count). The number of nitrogens with zero attached hydrogens (tertiary/aromatic N) is 5. The van der Waals surface area contributed by atoms with Gasteiger partial charge in [0.05, 0.1) is 35.7 Å². The normalized spacial score (nSPS) is 14.2. The fourth-order valence-corrected chi connectivity index (χ4v) is 6.91. The second-order valence-corrected chi connectivity index (χ2v) is 13.3. The number of pyridine rings is 2. The van der Waals surface area contributed by atoms with Crippen LogP contribution in [-0.2, 0) is 14.8 Å². The lowest BCUT2D eigenvalue weighted by Gasteiger charge is -2.28. The molecule has 4 heterocycles. The Morgan fingerprint density at radius 3 is 2.44 bits per heavy atom. The zero-order chi connectivity index (χ0) is 31.9. The third-order valence-corrected chi connectivity index (χ3v) is 9.46. The van der Waals surface area contributed by atoms with Gasteiger partial charge in [0.1, 0.15) is 5.82 Å². The summed E-state index contributed by atoms with van der Waals surface area (Å²) in [5.41, 5.74) is 3.47. The predicted octanol–water partition coefficient (Wildman–Crippen LogP) is 5.45. The van der Waals surface area contributed by atoms with Crippen LogP contribution >= 0.6 is 11.6 Å². The Morgan fingerprint density at radius 2 is 1.78 bits per heavy atom. The number of fused-ring (bicyclic) bond motifs is 1. The van der Waals surface area contributed by atoms with Crippen LogP contribution in [-0.4, -0.2) is 67.2 Å². The van der Waals surface area contributed by atoms with E-state index in [1.165, 1.54) is 32.9 Å². The third kappa shape index (κ3) is 6.11. The largest absolute Gasteiger partial charge is 0.382 e. The average Bonchev–Trinajstić information content (AvgIpc) is 3.40. The lowest BCUT2D eigenvalue weighted by molar-refractivity contribution is 0.122. The highest BCUT2D eigenvalue weighted by Gasteiger charge is 2.25. The molecular formula is C33H31ClFN5O4S. The Bertz CT molecular complexity index is 2080. The van der Waals surface area contributed by atoms with Gasteiger partial charge in [-0.15, -0.1) is 0 Å². The summed E-state index contributed by atoms with van der Waals surface area (Å²) in [6.07, 6.45) is 6.46. The zero-order valence-electron chi connectivity index (χ0n) is 24.9. The van der Waals surface area contributed by atoms with Crippen molar-refractivity contribution in [3.63, 3.8) is 0 Å². The number of aromatic nitrogens is 3. The summed E-state index contributed by atoms with van der Waals surface area (Å²) >= 11 is 6.14. The number of rotatable bonds is 7. The fraction of sp³-hybridized carbons (Fsp3) is 0.212. The van der Waals surface area contributed by atoms with E-state index < -0.39 is 21.4 Å². The predicted molar refractivity (Wildman–Crippen MR) is 175 cm³/mol. The number of hydrogen-bond acceptors (Lipinski definition) is 7. The molecule has 0 amide bonds.